The number of hydrogen-bond donors (Lipinski definition) is 2. The number of aromatic hydroxyl groups is 1. The maximum absolute atomic E-state index is 13.1. The molecule has 0 saturated carbocycles. The molecule has 1 aromatic heterocycles. The van der Waals surface area contributed by atoms with Crippen molar-refractivity contribution < 1.29 is 29.3 Å². The van der Waals surface area contributed by atoms with Crippen LogP contribution >= 0.6 is 0 Å². The topological polar surface area (TPSA) is 109 Å². The number of pyridine rings is 1. The van der Waals surface area contributed by atoms with Gasteiger partial charge < -0.3 is 24.6 Å². The summed E-state index contributed by atoms with van der Waals surface area (Å²) in [5, 5.41) is 20.9. The number of amides is 1. The van der Waals surface area contributed by atoms with Gasteiger partial charge in [-0.05, 0) is 53.6 Å². The summed E-state index contributed by atoms with van der Waals surface area (Å²) in [6.45, 7) is 0.140. The van der Waals surface area contributed by atoms with Gasteiger partial charge in [0.15, 0.2) is 11.5 Å². The number of methoxy groups -OCH3 is 2. The lowest BCUT2D eigenvalue weighted by molar-refractivity contribution is -0.140. The van der Waals surface area contributed by atoms with E-state index in [-0.39, 0.29) is 23.6 Å². The van der Waals surface area contributed by atoms with Gasteiger partial charge in [0, 0.05) is 24.5 Å². The van der Waals surface area contributed by atoms with Crippen molar-refractivity contribution in [2.45, 2.75) is 12.6 Å². The van der Waals surface area contributed by atoms with E-state index in [9.17, 15) is 19.8 Å². The van der Waals surface area contributed by atoms with Gasteiger partial charge >= 0.3 is 0 Å². The maximum atomic E-state index is 13.1. The Morgan fingerprint density at radius 1 is 0.970 bits per heavy atom. The molecule has 1 atom stereocenters. The number of hydrogen-bond acceptors (Lipinski definition) is 7. The molecule has 0 radical (unpaired) electrons. The van der Waals surface area contributed by atoms with Crippen LogP contribution in [-0.2, 0) is 16.1 Å². The summed E-state index contributed by atoms with van der Waals surface area (Å²) in [5.74, 6) is -0.980. The zero-order chi connectivity index (χ0) is 23.5. The summed E-state index contributed by atoms with van der Waals surface area (Å²) in [4.78, 5) is 31.6. The monoisotopic (exact) mass is 446 g/mol. The predicted molar refractivity (Wildman–Crippen MR) is 120 cm³/mol. The minimum absolute atomic E-state index is 0.0460. The second-order valence-electron chi connectivity index (χ2n) is 7.44. The Morgan fingerprint density at radius 3 is 2.27 bits per heavy atom. The number of benzene rings is 2. The van der Waals surface area contributed by atoms with Gasteiger partial charge in [0.1, 0.15) is 11.5 Å². The number of ketones is 1. The average molecular weight is 446 g/mol. The van der Waals surface area contributed by atoms with E-state index < -0.39 is 17.7 Å². The molecule has 1 unspecified atom stereocenters. The van der Waals surface area contributed by atoms with Crippen molar-refractivity contribution in [1.29, 1.82) is 0 Å². The summed E-state index contributed by atoms with van der Waals surface area (Å²) >= 11 is 0. The molecular formula is C25H22N2O6. The van der Waals surface area contributed by atoms with Crippen LogP contribution in [0.1, 0.15) is 22.7 Å². The average Bonchev–Trinajstić information content (AvgIpc) is 3.09. The lowest BCUT2D eigenvalue weighted by Crippen LogP contribution is -2.29. The van der Waals surface area contributed by atoms with Crippen LogP contribution in [0.3, 0.4) is 0 Å². The molecule has 168 valence electrons. The Bertz CT molecular complexity index is 1220. The van der Waals surface area contributed by atoms with Crippen LogP contribution in [0.2, 0.25) is 0 Å². The van der Waals surface area contributed by atoms with Crippen LogP contribution in [0.15, 0.2) is 72.6 Å². The minimum Gasteiger partial charge on any atom is -0.508 e. The third-order valence-corrected chi connectivity index (χ3v) is 5.51. The molecule has 4 rings (SSSR count). The van der Waals surface area contributed by atoms with Crippen LogP contribution in [0, 0.1) is 0 Å². The van der Waals surface area contributed by atoms with E-state index in [2.05, 4.69) is 4.98 Å². The van der Waals surface area contributed by atoms with E-state index in [1.807, 2.05) is 0 Å². The van der Waals surface area contributed by atoms with Crippen molar-refractivity contribution >= 4 is 17.4 Å². The number of aliphatic hydroxyl groups is 1. The van der Waals surface area contributed by atoms with Gasteiger partial charge in [-0.2, -0.15) is 0 Å². The Kier molecular flexibility index (Phi) is 5.99. The fourth-order valence-corrected chi connectivity index (χ4v) is 3.87. The third-order valence-electron chi connectivity index (χ3n) is 5.51. The summed E-state index contributed by atoms with van der Waals surface area (Å²) in [6, 6.07) is 13.6. The predicted octanol–water partition coefficient (Wildman–Crippen LogP) is 3.43. The van der Waals surface area contributed by atoms with Crippen LogP contribution in [0.4, 0.5) is 0 Å². The number of phenols is 1. The molecule has 1 fully saturated rings. The number of carbonyl (C=O) groups is 2. The fourth-order valence-electron chi connectivity index (χ4n) is 3.87. The van der Waals surface area contributed by atoms with Gasteiger partial charge in [0.2, 0.25) is 0 Å². The van der Waals surface area contributed by atoms with Crippen LogP contribution in [-0.4, -0.2) is 46.0 Å². The molecule has 33 heavy (non-hydrogen) atoms. The molecule has 2 aromatic carbocycles. The minimum atomic E-state index is -0.855. The molecule has 0 spiro atoms. The number of likely N-dealkylation sites (tertiary alicyclic amines) is 1. The number of nitrogens with zero attached hydrogens (tertiary/aromatic N) is 2. The Morgan fingerprint density at radius 2 is 1.64 bits per heavy atom. The number of aromatic nitrogens is 1. The van der Waals surface area contributed by atoms with E-state index in [1.165, 1.54) is 31.3 Å². The first-order valence-corrected chi connectivity index (χ1v) is 10.1. The van der Waals surface area contributed by atoms with Gasteiger partial charge in [-0.25, -0.2) is 0 Å². The van der Waals surface area contributed by atoms with Crippen molar-refractivity contribution in [2.24, 2.45) is 0 Å². The second-order valence-corrected chi connectivity index (χ2v) is 7.44. The smallest absolute Gasteiger partial charge is 0.295 e. The third kappa shape index (κ3) is 4.10. The van der Waals surface area contributed by atoms with Crippen LogP contribution < -0.4 is 9.47 Å². The number of phenolic OH excluding ortho intramolecular Hbond substituents is 1. The number of aliphatic hydroxyl groups excluding tert-OH is 1. The zero-order valence-corrected chi connectivity index (χ0v) is 18.1. The van der Waals surface area contributed by atoms with Crippen molar-refractivity contribution in [3.63, 3.8) is 0 Å². The van der Waals surface area contributed by atoms with Gasteiger partial charge in [0.25, 0.3) is 11.7 Å². The second kappa shape index (κ2) is 9.04. The standard InChI is InChI=1S/C25H22N2O6/c1-32-19-8-5-17(13-20(19)33-2)23(29)21-22(16-3-6-18(28)7-4-16)27(25(31)24(21)30)14-15-9-11-26-12-10-15/h3-13,22,28-29H,14H2,1-2H3/b23-21-. The van der Waals surface area contributed by atoms with E-state index in [4.69, 9.17) is 9.47 Å². The Labute approximate surface area is 190 Å². The fraction of sp³-hybridized carbons (Fsp3) is 0.160. The SMILES string of the molecule is COc1ccc(/C(O)=C2/C(=O)C(=O)N(Cc3ccncc3)C2c2ccc(O)cc2)cc1OC. The molecule has 1 amide bonds. The number of ether oxygens (including phenoxy) is 2. The first-order valence-electron chi connectivity index (χ1n) is 10.1. The van der Waals surface area contributed by atoms with Crippen molar-refractivity contribution in [3.8, 4) is 17.2 Å². The zero-order valence-electron chi connectivity index (χ0n) is 18.1. The Hall–Kier alpha value is -4.33. The molecule has 8 heteroatoms. The molecule has 3 aromatic rings. The molecule has 1 aliphatic rings. The maximum Gasteiger partial charge on any atom is 0.295 e. The van der Waals surface area contributed by atoms with Gasteiger partial charge in [0.05, 0.1) is 25.8 Å². The molecule has 0 aliphatic carbocycles. The molecule has 1 saturated heterocycles. The molecule has 2 N–H and O–H groups in total. The quantitative estimate of drug-likeness (QED) is 0.339. The number of carbonyl (C=O) groups excluding carboxylic acids is 2. The van der Waals surface area contributed by atoms with Gasteiger partial charge in [-0.15, -0.1) is 0 Å². The highest BCUT2D eigenvalue weighted by atomic mass is 16.5. The van der Waals surface area contributed by atoms with E-state index in [0.29, 0.717) is 22.6 Å². The molecule has 2 heterocycles. The molecular weight excluding hydrogens is 424 g/mol. The summed E-state index contributed by atoms with van der Waals surface area (Å²) in [5.41, 5.74) is 1.61. The van der Waals surface area contributed by atoms with Crippen LogP contribution in [0.25, 0.3) is 5.76 Å². The highest BCUT2D eigenvalue weighted by Gasteiger charge is 2.46. The van der Waals surface area contributed by atoms with E-state index in [0.717, 1.165) is 5.56 Å². The van der Waals surface area contributed by atoms with Crippen LogP contribution in [0.5, 0.6) is 17.2 Å². The first-order chi connectivity index (χ1) is 15.9. The van der Waals surface area contributed by atoms with Crippen molar-refractivity contribution in [3.05, 3.63) is 89.3 Å². The summed E-state index contributed by atoms with van der Waals surface area (Å²) in [7, 11) is 2.96. The Balaban J connectivity index is 1.86. The number of rotatable bonds is 6. The van der Waals surface area contributed by atoms with Crippen molar-refractivity contribution in [2.75, 3.05) is 14.2 Å². The first kappa shape index (κ1) is 21.9. The highest BCUT2D eigenvalue weighted by molar-refractivity contribution is 6.46. The van der Waals surface area contributed by atoms with Gasteiger partial charge in [-0.1, -0.05) is 12.1 Å². The lowest BCUT2D eigenvalue weighted by atomic mass is 9.95. The molecule has 0 bridgehead atoms. The van der Waals surface area contributed by atoms with Crippen molar-refractivity contribution in [1.82, 2.24) is 9.88 Å². The largest absolute Gasteiger partial charge is 0.508 e. The summed E-state index contributed by atoms with van der Waals surface area (Å²) in [6.07, 6.45) is 3.20. The number of Topliss-reactive ketones (excluding diaryl/α,β-unsaturated/α-hetero) is 1. The lowest BCUT2D eigenvalue weighted by Gasteiger charge is -2.25. The van der Waals surface area contributed by atoms with Gasteiger partial charge in [-0.3, -0.25) is 14.6 Å². The normalized spacial score (nSPS) is 17.3. The molecule has 1 aliphatic heterocycles. The highest BCUT2D eigenvalue weighted by Crippen LogP contribution is 2.41. The summed E-state index contributed by atoms with van der Waals surface area (Å²) < 4.78 is 10.5. The van der Waals surface area contributed by atoms with E-state index in [1.54, 1.807) is 54.9 Å². The molecule has 8 nitrogen and oxygen atoms in total. The van der Waals surface area contributed by atoms with E-state index >= 15 is 0 Å².